The van der Waals surface area contributed by atoms with Crippen molar-refractivity contribution in [1.82, 2.24) is 44.9 Å². The van der Waals surface area contributed by atoms with E-state index in [1.54, 1.807) is 6.20 Å². The summed E-state index contributed by atoms with van der Waals surface area (Å²) in [4.78, 5) is 21.5. The zero-order chi connectivity index (χ0) is 29.3. The second-order valence-electron chi connectivity index (χ2n) is 10.9. The lowest BCUT2D eigenvalue weighted by atomic mass is 9.69. The van der Waals surface area contributed by atoms with Crippen molar-refractivity contribution in [2.24, 2.45) is 0 Å². The molecule has 1 saturated carbocycles. The molecule has 1 aliphatic carbocycles. The molecule has 42 heavy (non-hydrogen) atoms. The van der Waals surface area contributed by atoms with Crippen LogP contribution in [0.15, 0.2) is 37.1 Å². The van der Waals surface area contributed by atoms with Gasteiger partial charge in [0.2, 0.25) is 11.7 Å². The lowest BCUT2D eigenvalue weighted by Gasteiger charge is -2.52. The van der Waals surface area contributed by atoms with Gasteiger partial charge in [0.1, 0.15) is 18.1 Å². The number of hydrogen-bond acceptors (Lipinski definition) is 9. The van der Waals surface area contributed by atoms with Gasteiger partial charge in [-0.2, -0.15) is 28.5 Å². The highest BCUT2D eigenvalue weighted by atomic mass is 19.4. The summed E-state index contributed by atoms with van der Waals surface area (Å²) in [5.41, 5.74) is 2.26. The smallest absolute Gasteiger partial charge is 0.451 e. The maximum absolute atomic E-state index is 13.4. The van der Waals surface area contributed by atoms with Gasteiger partial charge in [-0.3, -0.25) is 9.58 Å². The number of ether oxygens (including phenoxy) is 1. The monoisotopic (exact) mass is 580 g/mol. The Morgan fingerprint density at radius 2 is 2.02 bits per heavy atom. The number of nitrogens with one attached hydrogen (secondary N) is 2. The molecule has 4 aromatic rings. The van der Waals surface area contributed by atoms with Crippen molar-refractivity contribution in [1.29, 1.82) is 5.26 Å². The number of nitriles is 1. The van der Waals surface area contributed by atoms with E-state index in [9.17, 15) is 18.4 Å². The number of H-pyrrole nitrogens is 1. The summed E-state index contributed by atoms with van der Waals surface area (Å²) < 4.78 is 48.0. The molecule has 0 aromatic carbocycles. The number of piperidine rings is 1. The highest BCUT2D eigenvalue weighted by Crippen LogP contribution is 2.45. The van der Waals surface area contributed by atoms with Crippen molar-refractivity contribution in [3.05, 3.63) is 48.6 Å². The quantitative estimate of drug-likeness (QED) is 0.301. The Bertz CT molecular complexity index is 1580. The molecule has 2 N–H and O–H groups in total. The lowest BCUT2D eigenvalue weighted by molar-refractivity contribution is -0.145. The van der Waals surface area contributed by atoms with E-state index in [0.29, 0.717) is 25.8 Å². The molecule has 1 saturated heterocycles. The second kappa shape index (κ2) is 11.3. The lowest BCUT2D eigenvalue weighted by Crippen LogP contribution is -2.58. The van der Waals surface area contributed by atoms with E-state index in [-0.39, 0.29) is 30.3 Å². The number of likely N-dealkylation sites (tertiary alicyclic amines) is 1. The molecule has 0 unspecified atom stereocenters. The van der Waals surface area contributed by atoms with Gasteiger partial charge >= 0.3 is 6.18 Å². The first-order valence-corrected chi connectivity index (χ1v) is 14.0. The number of hydrogen-bond donors (Lipinski definition) is 2. The molecule has 5 heterocycles. The summed E-state index contributed by atoms with van der Waals surface area (Å²) in [6, 6.07) is 6.04. The van der Waals surface area contributed by atoms with Crippen LogP contribution >= 0.6 is 0 Å². The average Bonchev–Trinajstić information content (AvgIpc) is 3.64. The van der Waals surface area contributed by atoms with Crippen LogP contribution in [-0.4, -0.2) is 71.4 Å². The number of aromatic nitrogens is 7. The minimum atomic E-state index is -4.65. The van der Waals surface area contributed by atoms with Crippen LogP contribution < -0.4 is 10.1 Å². The highest BCUT2D eigenvalue weighted by molar-refractivity contribution is 5.90. The van der Waals surface area contributed by atoms with Gasteiger partial charge in [-0.15, -0.1) is 0 Å². The summed E-state index contributed by atoms with van der Waals surface area (Å²) in [6.07, 6.45) is 5.45. The summed E-state index contributed by atoms with van der Waals surface area (Å²) in [7, 11) is 0. The van der Waals surface area contributed by atoms with Gasteiger partial charge in [-0.05, 0) is 38.3 Å². The van der Waals surface area contributed by atoms with Gasteiger partial charge < -0.3 is 15.0 Å². The third kappa shape index (κ3) is 5.54. The van der Waals surface area contributed by atoms with E-state index < -0.39 is 17.5 Å². The predicted molar refractivity (Wildman–Crippen MR) is 146 cm³/mol. The van der Waals surface area contributed by atoms with Crippen LogP contribution in [0.1, 0.15) is 50.5 Å². The zero-order valence-electron chi connectivity index (χ0n) is 23.1. The first kappa shape index (κ1) is 28.0. The van der Waals surface area contributed by atoms with Gasteiger partial charge in [0, 0.05) is 55.1 Å². The van der Waals surface area contributed by atoms with E-state index in [1.807, 2.05) is 30.1 Å². The summed E-state index contributed by atoms with van der Waals surface area (Å²) >= 11 is 0. The van der Waals surface area contributed by atoms with E-state index in [4.69, 9.17) is 4.74 Å². The normalized spacial score (nSPS) is 21.7. The van der Waals surface area contributed by atoms with Crippen molar-refractivity contribution >= 4 is 11.0 Å². The van der Waals surface area contributed by atoms with Crippen LogP contribution in [0.25, 0.3) is 22.3 Å². The molecule has 220 valence electrons. The minimum absolute atomic E-state index is 0.0459. The van der Waals surface area contributed by atoms with Crippen LogP contribution in [0.3, 0.4) is 0 Å². The fourth-order valence-electron chi connectivity index (χ4n) is 5.97. The SMILES string of the molecule is CCNCc1cc(OC2CCN([C@H]3C[C@](CC#N)(n4cc(-c5ncnc6[nH]ccc56)cn4)C3)CC2)nc(C(F)(F)F)n1. The highest BCUT2D eigenvalue weighted by Gasteiger charge is 2.49. The Labute approximate surface area is 240 Å². The number of nitrogens with zero attached hydrogens (tertiary/aromatic N) is 8. The van der Waals surface area contributed by atoms with E-state index in [0.717, 1.165) is 48.2 Å². The Morgan fingerprint density at radius 1 is 1.21 bits per heavy atom. The van der Waals surface area contributed by atoms with Crippen LogP contribution in [-0.2, 0) is 18.3 Å². The van der Waals surface area contributed by atoms with Gasteiger partial charge in [-0.25, -0.2) is 15.0 Å². The molecule has 14 heteroatoms. The second-order valence-corrected chi connectivity index (χ2v) is 10.9. The molecule has 0 radical (unpaired) electrons. The van der Waals surface area contributed by atoms with Crippen molar-refractivity contribution in [3.8, 4) is 23.2 Å². The average molecular weight is 581 g/mol. The van der Waals surface area contributed by atoms with Crippen LogP contribution in [0.5, 0.6) is 5.88 Å². The van der Waals surface area contributed by atoms with Crippen LogP contribution in [0.2, 0.25) is 0 Å². The molecule has 11 nitrogen and oxygen atoms in total. The molecular formula is C28H31F3N10O. The number of fused-ring (bicyclic) bond motifs is 1. The van der Waals surface area contributed by atoms with Crippen LogP contribution in [0, 0.1) is 11.3 Å². The fourth-order valence-corrected chi connectivity index (χ4v) is 5.97. The third-order valence-electron chi connectivity index (χ3n) is 8.18. The number of rotatable bonds is 9. The van der Waals surface area contributed by atoms with Crippen LogP contribution in [0.4, 0.5) is 13.2 Å². The summed E-state index contributed by atoms with van der Waals surface area (Å²) in [6.45, 7) is 4.18. The predicted octanol–water partition coefficient (Wildman–Crippen LogP) is 4.05. The molecule has 2 aliphatic rings. The molecular weight excluding hydrogens is 549 g/mol. The molecule has 1 aliphatic heterocycles. The van der Waals surface area contributed by atoms with E-state index >= 15 is 0 Å². The molecule has 0 bridgehead atoms. The van der Waals surface area contributed by atoms with Gasteiger partial charge in [-0.1, -0.05) is 6.92 Å². The van der Waals surface area contributed by atoms with Gasteiger partial charge in [0.25, 0.3) is 0 Å². The van der Waals surface area contributed by atoms with Crippen molar-refractivity contribution < 1.29 is 17.9 Å². The Morgan fingerprint density at radius 3 is 2.76 bits per heavy atom. The Kier molecular flexibility index (Phi) is 7.54. The van der Waals surface area contributed by atoms with Gasteiger partial charge in [0.05, 0.1) is 35.6 Å². The molecule has 0 atom stereocenters. The first-order valence-electron chi connectivity index (χ1n) is 14.0. The van der Waals surface area contributed by atoms with Gasteiger partial charge in [0.15, 0.2) is 0 Å². The first-order chi connectivity index (χ1) is 20.3. The molecule has 0 amide bonds. The molecule has 6 rings (SSSR count). The van der Waals surface area contributed by atoms with E-state index in [1.165, 1.54) is 12.4 Å². The molecule has 0 spiro atoms. The summed E-state index contributed by atoms with van der Waals surface area (Å²) in [5, 5.41) is 18.2. The number of aromatic amines is 1. The Balaban J connectivity index is 1.09. The number of alkyl halides is 3. The fraction of sp³-hybridized carbons (Fsp3) is 0.500. The minimum Gasteiger partial charge on any atom is -0.474 e. The van der Waals surface area contributed by atoms with Crippen molar-refractivity contribution in [2.75, 3.05) is 19.6 Å². The molecule has 2 fully saturated rings. The molecule has 4 aromatic heterocycles. The number of halogens is 3. The maximum Gasteiger partial charge on any atom is 0.451 e. The van der Waals surface area contributed by atoms with E-state index in [2.05, 4.69) is 46.3 Å². The standard InChI is InChI=1S/C28H31F3N10O/c1-2-33-15-19-11-23(39-26(38-19)28(29,30)31)42-21-4-9-40(10-5-21)20-12-27(13-20,6-7-32)41-16-18(14-37-41)24-22-3-8-34-25(22)36-17-35-24/h3,8,11,14,16-17,20-21,33H,2,4-6,9-10,12-13,15H2,1H3,(H,34,35,36)/t20-,27-. The zero-order valence-corrected chi connectivity index (χ0v) is 23.1. The van der Waals surface area contributed by atoms with Crippen molar-refractivity contribution in [2.45, 2.75) is 69.4 Å². The Hall–Kier alpha value is -4.09. The van der Waals surface area contributed by atoms with Crippen molar-refractivity contribution in [3.63, 3.8) is 0 Å². The third-order valence-corrected chi connectivity index (χ3v) is 8.18. The largest absolute Gasteiger partial charge is 0.474 e. The topological polar surface area (TPSA) is 133 Å². The maximum atomic E-state index is 13.4. The summed E-state index contributed by atoms with van der Waals surface area (Å²) in [5.74, 6) is -1.23.